The minimum Gasteiger partial charge on any atom is -0.388 e. The largest absolute Gasteiger partial charge is 0.388 e. The second kappa shape index (κ2) is 4.61. The fraction of sp³-hybridized carbons (Fsp3) is 0.500. The Morgan fingerprint density at radius 3 is 2.56 bits per heavy atom. The van der Waals surface area contributed by atoms with Crippen LogP contribution in [-0.4, -0.2) is 10.0 Å². The number of benzene rings is 1. The van der Waals surface area contributed by atoms with Crippen LogP contribution in [0, 0.1) is 16.0 Å². The van der Waals surface area contributed by atoms with Crippen molar-refractivity contribution >= 4 is 5.69 Å². The van der Waals surface area contributed by atoms with Crippen molar-refractivity contribution in [2.45, 2.75) is 31.8 Å². The molecule has 0 amide bonds. The van der Waals surface area contributed by atoms with E-state index in [0.717, 1.165) is 25.7 Å². The van der Waals surface area contributed by atoms with Crippen LogP contribution in [0.1, 0.15) is 37.4 Å². The highest BCUT2D eigenvalue weighted by Crippen LogP contribution is 2.38. The van der Waals surface area contributed by atoms with Gasteiger partial charge in [0.05, 0.1) is 16.6 Å². The molecule has 0 spiro atoms. The highest BCUT2D eigenvalue weighted by Gasteiger charge is 2.28. The Kier molecular flexibility index (Phi) is 3.19. The van der Waals surface area contributed by atoms with Gasteiger partial charge in [0.25, 0.3) is 5.69 Å². The minimum absolute atomic E-state index is 0.0295. The average molecular weight is 221 g/mol. The summed E-state index contributed by atoms with van der Waals surface area (Å²) in [6.45, 7) is 0. The summed E-state index contributed by atoms with van der Waals surface area (Å²) in [5, 5.41) is 21.0. The molecule has 1 N–H and O–H groups in total. The number of aliphatic hydroxyl groups is 1. The van der Waals surface area contributed by atoms with E-state index >= 15 is 0 Å². The highest BCUT2D eigenvalue weighted by atomic mass is 16.6. The van der Waals surface area contributed by atoms with Gasteiger partial charge in [-0.1, -0.05) is 25.0 Å². The van der Waals surface area contributed by atoms with Crippen LogP contribution in [0.2, 0.25) is 0 Å². The van der Waals surface area contributed by atoms with Crippen LogP contribution < -0.4 is 0 Å². The first kappa shape index (κ1) is 11.1. The summed E-state index contributed by atoms with van der Waals surface area (Å²) in [6.07, 6.45) is 3.47. The van der Waals surface area contributed by atoms with Gasteiger partial charge in [0.2, 0.25) is 0 Å². The lowest BCUT2D eigenvalue weighted by atomic mass is 9.93. The number of hydrogen-bond donors (Lipinski definition) is 1. The molecule has 1 aromatic rings. The van der Waals surface area contributed by atoms with Crippen LogP contribution in [0.25, 0.3) is 0 Å². The molecule has 86 valence electrons. The Balaban J connectivity index is 2.27. The summed E-state index contributed by atoms with van der Waals surface area (Å²) in [5.74, 6) is 0.182. The standard InChI is InChI=1S/C12H15NO3/c14-12(9-5-1-2-6-9)10-7-3-4-8-11(10)13(15)16/h3-4,7-9,12,14H,1-2,5-6H2/t12-/m0/s1. The summed E-state index contributed by atoms with van der Waals surface area (Å²) in [6, 6.07) is 6.47. The predicted molar refractivity (Wildman–Crippen MR) is 60.0 cm³/mol. The van der Waals surface area contributed by atoms with Crippen molar-refractivity contribution in [2.75, 3.05) is 0 Å². The molecule has 0 aliphatic heterocycles. The molecule has 0 saturated heterocycles. The van der Waals surface area contributed by atoms with Crippen molar-refractivity contribution in [2.24, 2.45) is 5.92 Å². The van der Waals surface area contributed by atoms with Gasteiger partial charge in [-0.25, -0.2) is 0 Å². The monoisotopic (exact) mass is 221 g/mol. The number of nitro groups is 1. The fourth-order valence-corrected chi connectivity index (χ4v) is 2.43. The maximum absolute atomic E-state index is 10.8. The Hall–Kier alpha value is -1.42. The van der Waals surface area contributed by atoms with E-state index in [-0.39, 0.29) is 11.6 Å². The summed E-state index contributed by atoms with van der Waals surface area (Å²) in [5.41, 5.74) is 0.487. The molecule has 0 radical (unpaired) electrons. The van der Waals surface area contributed by atoms with E-state index in [1.165, 1.54) is 6.07 Å². The molecule has 0 heterocycles. The molecule has 1 atom stereocenters. The van der Waals surface area contributed by atoms with Gasteiger partial charge in [-0.3, -0.25) is 10.1 Å². The van der Waals surface area contributed by atoms with Gasteiger partial charge in [-0.2, -0.15) is 0 Å². The van der Waals surface area contributed by atoms with Gasteiger partial charge in [0, 0.05) is 6.07 Å². The summed E-state index contributed by atoms with van der Waals surface area (Å²) >= 11 is 0. The van der Waals surface area contributed by atoms with E-state index in [2.05, 4.69) is 0 Å². The highest BCUT2D eigenvalue weighted by molar-refractivity contribution is 5.41. The van der Waals surface area contributed by atoms with Crippen molar-refractivity contribution < 1.29 is 10.0 Å². The topological polar surface area (TPSA) is 63.4 Å². The molecule has 0 aromatic heterocycles. The van der Waals surface area contributed by atoms with E-state index in [4.69, 9.17) is 0 Å². The van der Waals surface area contributed by atoms with Gasteiger partial charge in [-0.15, -0.1) is 0 Å². The summed E-state index contributed by atoms with van der Waals surface area (Å²) in [4.78, 5) is 10.4. The van der Waals surface area contributed by atoms with E-state index in [1.807, 2.05) is 0 Å². The Morgan fingerprint density at radius 1 is 1.31 bits per heavy atom. The molecule has 1 saturated carbocycles. The summed E-state index contributed by atoms with van der Waals surface area (Å²) in [7, 11) is 0. The van der Waals surface area contributed by atoms with Gasteiger partial charge < -0.3 is 5.11 Å². The number of hydrogen-bond acceptors (Lipinski definition) is 3. The zero-order chi connectivity index (χ0) is 11.5. The number of nitrogens with zero attached hydrogens (tertiary/aromatic N) is 1. The fourth-order valence-electron chi connectivity index (χ4n) is 2.43. The van der Waals surface area contributed by atoms with Gasteiger partial charge in [0.15, 0.2) is 0 Å². The van der Waals surface area contributed by atoms with Gasteiger partial charge in [0.1, 0.15) is 0 Å². The summed E-state index contributed by atoms with van der Waals surface area (Å²) < 4.78 is 0. The molecule has 1 aliphatic rings. The molecule has 1 aromatic carbocycles. The van der Waals surface area contributed by atoms with E-state index in [1.54, 1.807) is 18.2 Å². The zero-order valence-corrected chi connectivity index (χ0v) is 9.00. The normalized spacial score (nSPS) is 18.6. The molecular formula is C12H15NO3. The Morgan fingerprint density at radius 2 is 1.94 bits per heavy atom. The van der Waals surface area contributed by atoms with Crippen LogP contribution in [-0.2, 0) is 0 Å². The third-order valence-corrected chi connectivity index (χ3v) is 3.30. The lowest BCUT2D eigenvalue weighted by molar-refractivity contribution is -0.386. The predicted octanol–water partition coefficient (Wildman–Crippen LogP) is 2.82. The second-order valence-corrected chi connectivity index (χ2v) is 4.31. The van der Waals surface area contributed by atoms with Crippen molar-refractivity contribution in [3.63, 3.8) is 0 Å². The lowest BCUT2D eigenvalue weighted by Crippen LogP contribution is -2.10. The molecule has 1 fully saturated rings. The van der Waals surface area contributed by atoms with Crippen LogP contribution in [0.5, 0.6) is 0 Å². The molecule has 1 aliphatic carbocycles. The van der Waals surface area contributed by atoms with Gasteiger partial charge in [-0.05, 0) is 24.8 Å². The van der Waals surface area contributed by atoms with Crippen molar-refractivity contribution in [1.29, 1.82) is 0 Å². The second-order valence-electron chi connectivity index (χ2n) is 4.31. The quantitative estimate of drug-likeness (QED) is 0.630. The van der Waals surface area contributed by atoms with Crippen molar-refractivity contribution in [3.8, 4) is 0 Å². The van der Waals surface area contributed by atoms with Crippen LogP contribution in [0.3, 0.4) is 0 Å². The maximum atomic E-state index is 10.8. The van der Waals surface area contributed by atoms with Crippen molar-refractivity contribution in [1.82, 2.24) is 0 Å². The van der Waals surface area contributed by atoms with Crippen LogP contribution in [0.15, 0.2) is 24.3 Å². The molecule has 16 heavy (non-hydrogen) atoms. The third kappa shape index (κ3) is 2.07. The first-order chi connectivity index (χ1) is 7.70. The smallest absolute Gasteiger partial charge is 0.275 e. The van der Waals surface area contributed by atoms with Crippen molar-refractivity contribution in [3.05, 3.63) is 39.9 Å². The van der Waals surface area contributed by atoms with Crippen LogP contribution in [0.4, 0.5) is 5.69 Å². The molecule has 2 rings (SSSR count). The number of rotatable bonds is 3. The van der Waals surface area contributed by atoms with Gasteiger partial charge >= 0.3 is 0 Å². The maximum Gasteiger partial charge on any atom is 0.275 e. The number of para-hydroxylation sites is 1. The van der Waals surface area contributed by atoms with Crippen LogP contribution >= 0.6 is 0 Å². The minimum atomic E-state index is -0.691. The first-order valence-electron chi connectivity index (χ1n) is 5.61. The SMILES string of the molecule is O=[N+]([O-])c1ccccc1[C@@H](O)C1CCCC1. The van der Waals surface area contributed by atoms with E-state index in [9.17, 15) is 15.2 Å². The molecule has 0 bridgehead atoms. The number of nitro benzene ring substituents is 1. The third-order valence-electron chi connectivity index (χ3n) is 3.30. The van der Waals surface area contributed by atoms with E-state index < -0.39 is 11.0 Å². The number of aliphatic hydroxyl groups excluding tert-OH is 1. The molecular weight excluding hydrogens is 206 g/mol. The molecule has 4 nitrogen and oxygen atoms in total. The lowest BCUT2D eigenvalue weighted by Gasteiger charge is -2.17. The molecule has 0 unspecified atom stereocenters. The molecule has 4 heteroatoms. The van der Waals surface area contributed by atoms with E-state index in [0.29, 0.717) is 5.56 Å². The zero-order valence-electron chi connectivity index (χ0n) is 9.00. The first-order valence-corrected chi connectivity index (χ1v) is 5.61. The Labute approximate surface area is 94.1 Å². The average Bonchev–Trinajstić information content (AvgIpc) is 2.81. The Bertz CT molecular complexity index is 386.